The van der Waals surface area contributed by atoms with E-state index < -0.39 is 5.60 Å². The molecular weight excluding hydrogens is 288 g/mol. The topological polar surface area (TPSA) is 74.5 Å². The van der Waals surface area contributed by atoms with E-state index in [0.717, 1.165) is 19.3 Å². The summed E-state index contributed by atoms with van der Waals surface area (Å²) in [6.07, 6.45) is 8.16. The maximum Gasteiger partial charge on any atom is 0.315 e. The Morgan fingerprint density at radius 2 is 2.29 bits per heavy atom. The van der Waals surface area contributed by atoms with Gasteiger partial charge in [0.05, 0.1) is 12.8 Å². The number of hydrogen-bond acceptors (Lipinski definition) is 4. The monoisotopic (exact) mass is 312 g/mol. The number of thioether (sulfide) groups is 1. The predicted molar refractivity (Wildman–Crippen MR) is 84.4 cm³/mol. The third-order valence-corrected chi connectivity index (χ3v) is 5.14. The molecule has 1 heterocycles. The highest BCUT2D eigenvalue weighted by Crippen LogP contribution is 2.27. The lowest BCUT2D eigenvalue weighted by Crippen LogP contribution is -2.50. The van der Waals surface area contributed by atoms with Crippen molar-refractivity contribution in [1.29, 1.82) is 0 Å². The number of aliphatic hydroxyl groups is 1. The van der Waals surface area contributed by atoms with E-state index in [1.807, 2.05) is 11.8 Å². The van der Waals surface area contributed by atoms with Gasteiger partial charge in [-0.15, -0.1) is 0 Å². The van der Waals surface area contributed by atoms with Crippen molar-refractivity contribution >= 4 is 17.8 Å². The van der Waals surface area contributed by atoms with Gasteiger partial charge in [0.25, 0.3) is 0 Å². The van der Waals surface area contributed by atoms with Crippen LogP contribution in [0.3, 0.4) is 0 Å². The second-order valence-corrected chi connectivity index (χ2v) is 6.82. The van der Waals surface area contributed by atoms with Crippen LogP contribution in [0, 0.1) is 0 Å². The van der Waals surface area contributed by atoms with Gasteiger partial charge in [0.15, 0.2) is 0 Å². The molecule has 0 radical (unpaired) electrons. The van der Waals surface area contributed by atoms with Crippen LogP contribution in [0.1, 0.15) is 38.4 Å². The molecule has 1 aliphatic rings. The summed E-state index contributed by atoms with van der Waals surface area (Å²) < 4.78 is 5.19. The maximum atomic E-state index is 12.0. The molecule has 0 spiro atoms. The molecule has 0 aliphatic heterocycles. The first-order valence-electron chi connectivity index (χ1n) is 7.36. The minimum Gasteiger partial charge on any atom is -0.466 e. The van der Waals surface area contributed by atoms with Gasteiger partial charge in [-0.05, 0) is 38.2 Å². The van der Waals surface area contributed by atoms with E-state index in [1.165, 1.54) is 12.7 Å². The van der Waals surface area contributed by atoms with E-state index in [0.29, 0.717) is 11.0 Å². The van der Waals surface area contributed by atoms with Gasteiger partial charge in [-0.1, -0.05) is 12.8 Å². The van der Waals surface area contributed by atoms with Crippen LogP contribution in [0.15, 0.2) is 22.8 Å². The summed E-state index contributed by atoms with van der Waals surface area (Å²) in [6.45, 7) is 1.74. The Kier molecular flexibility index (Phi) is 5.58. The molecule has 1 fully saturated rings. The van der Waals surface area contributed by atoms with E-state index in [1.54, 1.807) is 19.1 Å². The average Bonchev–Trinajstić information content (AvgIpc) is 3.01. The molecule has 1 aromatic rings. The number of amides is 2. The molecule has 3 atom stereocenters. The van der Waals surface area contributed by atoms with Crippen LogP contribution in [0.5, 0.6) is 0 Å². The van der Waals surface area contributed by atoms with E-state index in [9.17, 15) is 9.90 Å². The number of urea groups is 1. The fourth-order valence-electron chi connectivity index (χ4n) is 2.69. The number of furan rings is 1. The van der Waals surface area contributed by atoms with Gasteiger partial charge < -0.3 is 20.2 Å². The van der Waals surface area contributed by atoms with Gasteiger partial charge in [-0.25, -0.2) is 4.79 Å². The zero-order valence-corrected chi connectivity index (χ0v) is 13.4. The zero-order chi connectivity index (χ0) is 15.3. The van der Waals surface area contributed by atoms with Crippen molar-refractivity contribution in [3.05, 3.63) is 24.2 Å². The lowest BCUT2D eigenvalue weighted by Gasteiger charge is -2.31. The van der Waals surface area contributed by atoms with Crippen molar-refractivity contribution in [3.63, 3.8) is 0 Å². The summed E-state index contributed by atoms with van der Waals surface area (Å²) in [4.78, 5) is 12.0. The first kappa shape index (κ1) is 16.2. The molecule has 0 saturated heterocycles. The summed E-state index contributed by atoms with van der Waals surface area (Å²) in [5, 5.41) is 16.5. The lowest BCUT2D eigenvalue weighted by atomic mass is 9.95. The number of nitrogens with one attached hydrogen (secondary N) is 2. The Labute approximate surface area is 129 Å². The van der Waals surface area contributed by atoms with Crippen LogP contribution in [0.4, 0.5) is 4.79 Å². The number of rotatable bonds is 5. The number of carbonyl (C=O) groups excluding carboxylic acids is 1. The quantitative estimate of drug-likeness (QED) is 0.781. The van der Waals surface area contributed by atoms with Gasteiger partial charge in [0, 0.05) is 11.3 Å². The molecule has 118 valence electrons. The van der Waals surface area contributed by atoms with Crippen LogP contribution in [0.25, 0.3) is 0 Å². The highest BCUT2D eigenvalue weighted by molar-refractivity contribution is 7.99. The van der Waals surface area contributed by atoms with E-state index in [-0.39, 0.29) is 18.6 Å². The largest absolute Gasteiger partial charge is 0.466 e. The average molecular weight is 312 g/mol. The van der Waals surface area contributed by atoms with Crippen molar-refractivity contribution in [1.82, 2.24) is 10.6 Å². The Bertz CT molecular complexity index is 448. The molecule has 1 aliphatic carbocycles. The molecule has 2 amide bonds. The van der Waals surface area contributed by atoms with Crippen molar-refractivity contribution in [2.45, 2.75) is 49.5 Å². The fraction of sp³-hybridized carbons (Fsp3) is 0.667. The lowest BCUT2D eigenvalue weighted by molar-refractivity contribution is 0.0366. The predicted octanol–water partition coefficient (Wildman–Crippen LogP) is 2.46. The molecule has 3 N–H and O–H groups in total. The molecule has 5 nitrogen and oxygen atoms in total. The second kappa shape index (κ2) is 7.22. The summed E-state index contributed by atoms with van der Waals surface area (Å²) >= 11 is 1.81. The first-order chi connectivity index (χ1) is 10.0. The van der Waals surface area contributed by atoms with Crippen LogP contribution in [-0.4, -0.2) is 35.2 Å². The van der Waals surface area contributed by atoms with Crippen molar-refractivity contribution < 1.29 is 14.3 Å². The van der Waals surface area contributed by atoms with Crippen molar-refractivity contribution in [2.24, 2.45) is 0 Å². The summed E-state index contributed by atoms with van der Waals surface area (Å²) in [5.74, 6) is 0.447. The van der Waals surface area contributed by atoms with Crippen molar-refractivity contribution in [3.8, 4) is 0 Å². The first-order valence-corrected chi connectivity index (χ1v) is 8.65. The smallest absolute Gasteiger partial charge is 0.315 e. The molecule has 0 unspecified atom stereocenters. The van der Waals surface area contributed by atoms with E-state index in [2.05, 4.69) is 16.9 Å². The third kappa shape index (κ3) is 4.41. The maximum absolute atomic E-state index is 12.0. The Morgan fingerprint density at radius 1 is 1.52 bits per heavy atom. The van der Waals surface area contributed by atoms with Gasteiger partial charge in [0.2, 0.25) is 0 Å². The number of hydrogen-bond donors (Lipinski definition) is 3. The van der Waals surface area contributed by atoms with Gasteiger partial charge in [-0.3, -0.25) is 0 Å². The minimum atomic E-state index is -1.20. The third-order valence-electron chi connectivity index (χ3n) is 3.97. The molecule has 1 aromatic heterocycles. The van der Waals surface area contributed by atoms with Crippen LogP contribution in [-0.2, 0) is 5.60 Å². The van der Waals surface area contributed by atoms with E-state index >= 15 is 0 Å². The van der Waals surface area contributed by atoms with Crippen LogP contribution >= 0.6 is 11.8 Å². The molecule has 6 heteroatoms. The second-order valence-electron chi connectivity index (χ2n) is 5.74. The molecule has 21 heavy (non-hydrogen) atoms. The highest BCUT2D eigenvalue weighted by atomic mass is 32.2. The summed E-state index contributed by atoms with van der Waals surface area (Å²) in [6, 6.07) is 3.40. The minimum absolute atomic E-state index is 0.114. The van der Waals surface area contributed by atoms with Crippen LogP contribution in [0.2, 0.25) is 0 Å². The fourth-order valence-corrected chi connectivity index (χ4v) is 3.62. The summed E-state index contributed by atoms with van der Waals surface area (Å²) in [7, 11) is 0. The number of carbonyl (C=O) groups is 1. The Morgan fingerprint density at radius 3 is 2.95 bits per heavy atom. The van der Waals surface area contributed by atoms with Gasteiger partial charge in [-0.2, -0.15) is 11.8 Å². The SMILES string of the molecule is CS[C@@H]1CCCC[C@@H]1NC(=O)NC[C@](C)(O)c1ccco1. The normalized spacial score (nSPS) is 25.1. The highest BCUT2D eigenvalue weighted by Gasteiger charge is 2.29. The molecule has 2 rings (SSSR count). The van der Waals surface area contributed by atoms with Crippen molar-refractivity contribution in [2.75, 3.05) is 12.8 Å². The molecule has 1 saturated carbocycles. The standard InChI is InChI=1S/C15H24N2O3S/c1-15(19,13-8-5-9-20-13)10-16-14(18)17-11-6-3-4-7-12(11)21-2/h5,8-9,11-12,19H,3-4,6-7,10H2,1-2H3,(H2,16,17,18)/t11-,12+,15-/m0/s1. The van der Waals surface area contributed by atoms with Gasteiger partial charge >= 0.3 is 6.03 Å². The Balaban J connectivity index is 1.82. The summed E-state index contributed by atoms with van der Waals surface area (Å²) in [5.41, 5.74) is -1.20. The molecule has 0 bridgehead atoms. The van der Waals surface area contributed by atoms with Crippen LogP contribution < -0.4 is 10.6 Å². The molecule has 0 aromatic carbocycles. The van der Waals surface area contributed by atoms with E-state index in [4.69, 9.17) is 4.42 Å². The zero-order valence-electron chi connectivity index (χ0n) is 12.6. The van der Waals surface area contributed by atoms with Gasteiger partial charge in [0.1, 0.15) is 11.4 Å². The molecular formula is C15H24N2O3S. The Hall–Kier alpha value is -1.14.